The molecule has 124 valence electrons. The zero-order valence-electron chi connectivity index (χ0n) is 14.0. The summed E-state index contributed by atoms with van der Waals surface area (Å²) in [5, 5.41) is 0. The second-order valence-electron chi connectivity index (χ2n) is 6.19. The molecule has 1 aliphatic rings. The molecule has 3 rings (SSSR count). The molecule has 0 bridgehead atoms. The van der Waals surface area contributed by atoms with Crippen molar-refractivity contribution in [3.05, 3.63) is 71.8 Å². The molecule has 1 fully saturated rings. The average molecular weight is 324 g/mol. The quantitative estimate of drug-likeness (QED) is 0.812. The summed E-state index contributed by atoms with van der Waals surface area (Å²) in [6.45, 7) is 1.78. The van der Waals surface area contributed by atoms with Gasteiger partial charge in [-0.25, -0.2) is 0 Å². The number of carbonyl (C=O) groups is 2. The number of carbonyl (C=O) groups excluding carboxylic acids is 2. The van der Waals surface area contributed by atoms with Crippen molar-refractivity contribution in [2.45, 2.75) is 12.3 Å². The Morgan fingerprint density at radius 2 is 1.29 bits per heavy atom. The fraction of sp³-hybridized carbons (Fsp3) is 0.300. The summed E-state index contributed by atoms with van der Waals surface area (Å²) >= 11 is 0. The van der Waals surface area contributed by atoms with Crippen LogP contribution in [0.3, 0.4) is 0 Å². The van der Waals surface area contributed by atoms with E-state index in [-0.39, 0.29) is 0 Å². The third kappa shape index (κ3) is 1.92. The van der Waals surface area contributed by atoms with E-state index in [9.17, 15) is 9.59 Å². The molecule has 2 aromatic carbocycles. The highest BCUT2D eigenvalue weighted by molar-refractivity contribution is 5.97. The molecule has 1 aliphatic carbocycles. The fourth-order valence-electron chi connectivity index (χ4n) is 4.14. The summed E-state index contributed by atoms with van der Waals surface area (Å²) in [5.41, 5.74) is -0.00762. The predicted molar refractivity (Wildman–Crippen MR) is 89.3 cm³/mol. The van der Waals surface area contributed by atoms with Crippen LogP contribution >= 0.6 is 0 Å². The van der Waals surface area contributed by atoms with Crippen LogP contribution in [-0.2, 0) is 24.5 Å². The smallest absolute Gasteiger partial charge is 0.313 e. The number of benzene rings is 2. The average Bonchev–Trinajstić information content (AvgIpc) is 3.24. The lowest BCUT2D eigenvalue weighted by molar-refractivity contribution is -0.152. The standard InChI is InChI=1S/C20H20O4/c1-19(18(22)24-3)16(17(21)23-2)20(19,14-10-6-4-7-11-14)15-12-8-5-9-13-15/h4-13,16H,1-3H3/t16-,19-/m0/s1. The lowest BCUT2D eigenvalue weighted by atomic mass is 9.80. The minimum absolute atomic E-state index is 0.407. The monoisotopic (exact) mass is 324 g/mol. The summed E-state index contributed by atoms with van der Waals surface area (Å²) in [4.78, 5) is 25.2. The van der Waals surface area contributed by atoms with Crippen LogP contribution < -0.4 is 0 Å². The van der Waals surface area contributed by atoms with Crippen LogP contribution in [0.2, 0.25) is 0 Å². The molecule has 24 heavy (non-hydrogen) atoms. The van der Waals surface area contributed by atoms with E-state index in [2.05, 4.69) is 0 Å². The first kappa shape index (κ1) is 16.2. The summed E-state index contributed by atoms with van der Waals surface area (Å²) in [6.07, 6.45) is 0. The first-order chi connectivity index (χ1) is 11.5. The van der Waals surface area contributed by atoms with Crippen LogP contribution in [0.1, 0.15) is 18.1 Å². The number of hydrogen-bond donors (Lipinski definition) is 0. The molecule has 2 aromatic rings. The number of esters is 2. The first-order valence-electron chi connectivity index (χ1n) is 7.82. The molecule has 2 atom stereocenters. The van der Waals surface area contributed by atoms with Crippen LogP contribution in [0.5, 0.6) is 0 Å². The Labute approximate surface area is 141 Å². The molecule has 1 saturated carbocycles. The highest BCUT2D eigenvalue weighted by Crippen LogP contribution is 2.73. The summed E-state index contributed by atoms with van der Waals surface area (Å²) in [5.74, 6) is -1.45. The van der Waals surface area contributed by atoms with E-state index >= 15 is 0 Å². The maximum atomic E-state index is 12.7. The second kappa shape index (κ2) is 5.78. The van der Waals surface area contributed by atoms with Crippen molar-refractivity contribution in [3.63, 3.8) is 0 Å². The van der Waals surface area contributed by atoms with Crippen LogP contribution in [0.4, 0.5) is 0 Å². The Kier molecular flexibility index (Phi) is 3.91. The second-order valence-corrected chi connectivity index (χ2v) is 6.19. The zero-order valence-corrected chi connectivity index (χ0v) is 14.0. The fourth-order valence-corrected chi connectivity index (χ4v) is 4.14. The molecule has 4 heteroatoms. The van der Waals surface area contributed by atoms with Gasteiger partial charge < -0.3 is 9.47 Å². The highest BCUT2D eigenvalue weighted by atomic mass is 16.5. The van der Waals surface area contributed by atoms with Crippen molar-refractivity contribution >= 4 is 11.9 Å². The third-order valence-electron chi connectivity index (χ3n) is 5.25. The molecule has 0 aromatic heterocycles. The SMILES string of the molecule is COC(=O)[C@@H]1C(c2ccccc2)(c2ccccc2)[C@]1(C)C(=O)OC. The number of ether oxygens (including phenoxy) is 2. The lowest BCUT2D eigenvalue weighted by Gasteiger charge is -2.22. The summed E-state index contributed by atoms with van der Waals surface area (Å²) in [7, 11) is 2.69. The van der Waals surface area contributed by atoms with E-state index in [1.807, 2.05) is 60.7 Å². The Morgan fingerprint density at radius 3 is 1.67 bits per heavy atom. The molecule has 0 heterocycles. The largest absolute Gasteiger partial charge is 0.469 e. The van der Waals surface area contributed by atoms with Crippen molar-refractivity contribution in [2.75, 3.05) is 14.2 Å². The van der Waals surface area contributed by atoms with Gasteiger partial charge >= 0.3 is 11.9 Å². The normalized spacial score (nSPS) is 24.0. The van der Waals surface area contributed by atoms with Crippen LogP contribution in [0.15, 0.2) is 60.7 Å². The molecule has 0 unspecified atom stereocenters. The Balaban J connectivity index is 2.29. The molecule has 0 saturated heterocycles. The van der Waals surface area contributed by atoms with E-state index in [0.29, 0.717) is 0 Å². The Hall–Kier alpha value is -2.62. The molecule has 0 amide bonds. The topological polar surface area (TPSA) is 52.6 Å². The van der Waals surface area contributed by atoms with Gasteiger partial charge in [0.2, 0.25) is 0 Å². The minimum atomic E-state index is -1.02. The first-order valence-corrected chi connectivity index (χ1v) is 7.82. The molecular formula is C20H20O4. The zero-order chi connectivity index (χ0) is 17.4. The maximum absolute atomic E-state index is 12.7. The van der Waals surface area contributed by atoms with E-state index in [4.69, 9.17) is 9.47 Å². The van der Waals surface area contributed by atoms with Crippen LogP contribution in [-0.4, -0.2) is 26.2 Å². The van der Waals surface area contributed by atoms with E-state index in [0.717, 1.165) is 11.1 Å². The van der Waals surface area contributed by atoms with Gasteiger partial charge in [-0.3, -0.25) is 9.59 Å². The van der Waals surface area contributed by atoms with Gasteiger partial charge in [-0.15, -0.1) is 0 Å². The summed E-state index contributed by atoms with van der Waals surface area (Å²) < 4.78 is 10.1. The van der Waals surface area contributed by atoms with Crippen molar-refractivity contribution in [1.29, 1.82) is 0 Å². The van der Waals surface area contributed by atoms with Crippen molar-refractivity contribution in [2.24, 2.45) is 11.3 Å². The minimum Gasteiger partial charge on any atom is -0.469 e. The van der Waals surface area contributed by atoms with E-state index in [1.165, 1.54) is 14.2 Å². The van der Waals surface area contributed by atoms with Crippen LogP contribution in [0.25, 0.3) is 0 Å². The molecule has 0 spiro atoms. The number of methoxy groups -OCH3 is 2. The van der Waals surface area contributed by atoms with Gasteiger partial charge in [0.15, 0.2) is 0 Å². The highest BCUT2D eigenvalue weighted by Gasteiger charge is 2.83. The van der Waals surface area contributed by atoms with Gasteiger partial charge in [-0.2, -0.15) is 0 Å². The van der Waals surface area contributed by atoms with Crippen molar-refractivity contribution in [1.82, 2.24) is 0 Å². The molecular weight excluding hydrogens is 304 g/mol. The Morgan fingerprint density at radius 1 is 0.833 bits per heavy atom. The predicted octanol–water partition coefficient (Wildman–Crippen LogP) is 2.95. The van der Waals surface area contributed by atoms with E-state index < -0.39 is 28.7 Å². The van der Waals surface area contributed by atoms with Gasteiger partial charge in [-0.1, -0.05) is 60.7 Å². The third-order valence-corrected chi connectivity index (χ3v) is 5.25. The molecule has 0 aliphatic heterocycles. The number of rotatable bonds is 4. The van der Waals surface area contributed by atoms with Crippen molar-refractivity contribution < 1.29 is 19.1 Å². The number of hydrogen-bond acceptors (Lipinski definition) is 4. The van der Waals surface area contributed by atoms with Gasteiger partial charge in [0, 0.05) is 0 Å². The molecule has 4 nitrogen and oxygen atoms in total. The molecule has 0 N–H and O–H groups in total. The van der Waals surface area contributed by atoms with Gasteiger partial charge in [0.25, 0.3) is 0 Å². The van der Waals surface area contributed by atoms with E-state index in [1.54, 1.807) is 6.92 Å². The maximum Gasteiger partial charge on any atom is 0.313 e. The lowest BCUT2D eigenvalue weighted by Crippen LogP contribution is -2.26. The van der Waals surface area contributed by atoms with Gasteiger partial charge in [-0.05, 0) is 18.1 Å². The van der Waals surface area contributed by atoms with Crippen LogP contribution in [0, 0.1) is 11.3 Å². The van der Waals surface area contributed by atoms with Gasteiger partial charge in [0.05, 0.1) is 31.0 Å². The van der Waals surface area contributed by atoms with Crippen molar-refractivity contribution in [3.8, 4) is 0 Å². The summed E-state index contributed by atoms with van der Waals surface area (Å²) in [6, 6.07) is 19.2. The Bertz CT molecular complexity index is 714. The van der Waals surface area contributed by atoms with Gasteiger partial charge in [0.1, 0.15) is 0 Å². The molecule has 0 radical (unpaired) electrons.